The van der Waals surface area contributed by atoms with Gasteiger partial charge in [0.1, 0.15) is 11.6 Å². The molecule has 0 saturated carbocycles. The summed E-state index contributed by atoms with van der Waals surface area (Å²) in [5, 5.41) is 1.90. The van der Waals surface area contributed by atoms with Crippen LogP contribution in [0.1, 0.15) is 30.1 Å². The number of piperidine rings is 1. The third-order valence-corrected chi connectivity index (χ3v) is 5.17. The van der Waals surface area contributed by atoms with E-state index >= 15 is 0 Å². The van der Waals surface area contributed by atoms with Gasteiger partial charge in [-0.25, -0.2) is 9.97 Å². The van der Waals surface area contributed by atoms with E-state index in [0.717, 1.165) is 35.9 Å². The molecule has 1 aromatic carbocycles. The molecule has 0 bridgehead atoms. The number of fused-ring (bicyclic) bond motifs is 1. The van der Waals surface area contributed by atoms with Crippen LogP contribution in [0.4, 0.5) is 5.82 Å². The van der Waals surface area contributed by atoms with E-state index in [4.69, 9.17) is 16.6 Å². The molecule has 0 amide bonds. The molecule has 1 aliphatic rings. The molecular formula is C19H21ClN4. The van der Waals surface area contributed by atoms with Gasteiger partial charge in [0.15, 0.2) is 0 Å². The van der Waals surface area contributed by atoms with Crippen molar-refractivity contribution in [1.82, 2.24) is 14.5 Å². The first-order chi connectivity index (χ1) is 11.6. The van der Waals surface area contributed by atoms with Gasteiger partial charge in [0.2, 0.25) is 0 Å². The summed E-state index contributed by atoms with van der Waals surface area (Å²) >= 11 is 6.15. The first-order valence-corrected chi connectivity index (χ1v) is 8.78. The molecular weight excluding hydrogens is 320 g/mol. The molecule has 2 aromatic heterocycles. The number of halogens is 1. The lowest BCUT2D eigenvalue weighted by molar-refractivity contribution is 0.479. The van der Waals surface area contributed by atoms with Crippen LogP contribution < -0.4 is 4.90 Å². The lowest BCUT2D eigenvalue weighted by Crippen LogP contribution is -2.35. The van der Waals surface area contributed by atoms with Gasteiger partial charge in [-0.05, 0) is 43.5 Å². The van der Waals surface area contributed by atoms with Crippen molar-refractivity contribution in [3.63, 3.8) is 0 Å². The molecule has 5 heteroatoms. The first-order valence-electron chi connectivity index (χ1n) is 8.41. The van der Waals surface area contributed by atoms with Gasteiger partial charge in [-0.3, -0.25) is 0 Å². The van der Waals surface area contributed by atoms with E-state index < -0.39 is 0 Å². The van der Waals surface area contributed by atoms with Crippen LogP contribution in [0.25, 0.3) is 10.9 Å². The van der Waals surface area contributed by atoms with Gasteiger partial charge < -0.3 is 9.47 Å². The second-order valence-corrected chi connectivity index (χ2v) is 7.08. The van der Waals surface area contributed by atoms with Crippen LogP contribution in [0, 0.1) is 6.92 Å². The highest BCUT2D eigenvalue weighted by atomic mass is 35.5. The molecule has 1 saturated heterocycles. The predicted molar refractivity (Wildman–Crippen MR) is 98.9 cm³/mol. The largest absolute Gasteiger partial charge is 0.356 e. The Morgan fingerprint density at radius 1 is 1.25 bits per heavy atom. The maximum Gasteiger partial charge on any atom is 0.129 e. The summed E-state index contributed by atoms with van der Waals surface area (Å²) in [6.45, 7) is 4.14. The SMILES string of the molecule is Cc1cc(N2CCC[C@H](c3nccn3C)C2)nc2cc(Cl)ccc12. The van der Waals surface area contributed by atoms with Crippen LogP contribution in [-0.4, -0.2) is 27.6 Å². The van der Waals surface area contributed by atoms with Crippen LogP contribution in [0.5, 0.6) is 0 Å². The van der Waals surface area contributed by atoms with Crippen molar-refractivity contribution in [1.29, 1.82) is 0 Å². The molecule has 0 N–H and O–H groups in total. The Labute approximate surface area is 147 Å². The lowest BCUT2D eigenvalue weighted by atomic mass is 9.97. The van der Waals surface area contributed by atoms with Crippen molar-refractivity contribution in [2.75, 3.05) is 18.0 Å². The summed E-state index contributed by atoms with van der Waals surface area (Å²) in [6, 6.07) is 8.12. The number of hydrogen-bond acceptors (Lipinski definition) is 3. The predicted octanol–water partition coefficient (Wildman–Crippen LogP) is 4.31. The molecule has 24 heavy (non-hydrogen) atoms. The van der Waals surface area contributed by atoms with Crippen LogP contribution in [-0.2, 0) is 7.05 Å². The van der Waals surface area contributed by atoms with Gasteiger partial charge in [-0.1, -0.05) is 17.7 Å². The highest BCUT2D eigenvalue weighted by Crippen LogP contribution is 2.30. The van der Waals surface area contributed by atoms with Crippen molar-refractivity contribution in [2.24, 2.45) is 7.05 Å². The Bertz CT molecular complexity index is 886. The van der Waals surface area contributed by atoms with E-state index in [1.54, 1.807) is 0 Å². The minimum Gasteiger partial charge on any atom is -0.356 e. The molecule has 124 valence electrons. The molecule has 0 spiro atoms. The third kappa shape index (κ3) is 2.75. The average Bonchev–Trinajstić information content (AvgIpc) is 3.00. The standard InChI is InChI=1S/C19H21ClN4/c1-13-10-18(22-17-11-15(20)5-6-16(13)17)24-8-3-4-14(12-24)19-21-7-9-23(19)2/h5-7,9-11,14H,3-4,8,12H2,1-2H3/t14-/m0/s1. The molecule has 3 aromatic rings. The van der Waals surface area contributed by atoms with Crippen LogP contribution in [0.15, 0.2) is 36.7 Å². The zero-order valence-corrected chi connectivity index (χ0v) is 14.8. The molecule has 0 radical (unpaired) electrons. The van der Waals surface area contributed by atoms with E-state index in [-0.39, 0.29) is 0 Å². The fourth-order valence-electron chi connectivity index (χ4n) is 3.69. The van der Waals surface area contributed by atoms with Crippen molar-refractivity contribution in [3.8, 4) is 0 Å². The number of imidazole rings is 1. The monoisotopic (exact) mass is 340 g/mol. The van der Waals surface area contributed by atoms with Gasteiger partial charge in [0.25, 0.3) is 0 Å². The van der Waals surface area contributed by atoms with Crippen molar-refractivity contribution >= 4 is 28.3 Å². The number of anilines is 1. The van der Waals surface area contributed by atoms with E-state index in [0.29, 0.717) is 5.92 Å². The zero-order valence-electron chi connectivity index (χ0n) is 14.0. The summed E-state index contributed by atoms with van der Waals surface area (Å²) in [6.07, 6.45) is 6.25. The third-order valence-electron chi connectivity index (χ3n) is 4.93. The maximum absolute atomic E-state index is 6.15. The number of nitrogens with zero attached hydrogens (tertiary/aromatic N) is 4. The Kier molecular flexibility index (Phi) is 3.93. The Balaban J connectivity index is 1.68. The second-order valence-electron chi connectivity index (χ2n) is 6.64. The van der Waals surface area contributed by atoms with Crippen molar-refractivity contribution in [2.45, 2.75) is 25.7 Å². The Morgan fingerprint density at radius 2 is 2.12 bits per heavy atom. The fourth-order valence-corrected chi connectivity index (χ4v) is 3.85. The highest BCUT2D eigenvalue weighted by Gasteiger charge is 2.25. The van der Waals surface area contributed by atoms with Crippen LogP contribution in [0.2, 0.25) is 5.02 Å². The minimum atomic E-state index is 0.455. The Morgan fingerprint density at radius 3 is 2.92 bits per heavy atom. The Hall–Kier alpha value is -2.07. The van der Waals surface area contributed by atoms with Gasteiger partial charge in [0, 0.05) is 48.9 Å². The normalized spacial score (nSPS) is 18.3. The van der Waals surface area contributed by atoms with E-state index in [9.17, 15) is 0 Å². The lowest BCUT2D eigenvalue weighted by Gasteiger charge is -2.33. The van der Waals surface area contributed by atoms with Gasteiger partial charge in [-0.2, -0.15) is 0 Å². The molecule has 0 aliphatic carbocycles. The molecule has 0 unspecified atom stereocenters. The number of hydrogen-bond donors (Lipinski definition) is 0. The zero-order chi connectivity index (χ0) is 16.7. The van der Waals surface area contributed by atoms with Crippen LogP contribution >= 0.6 is 11.6 Å². The second kappa shape index (κ2) is 6.10. The quantitative estimate of drug-likeness (QED) is 0.697. The minimum absolute atomic E-state index is 0.455. The molecule has 1 atom stereocenters. The van der Waals surface area contributed by atoms with E-state index in [1.807, 2.05) is 24.5 Å². The van der Waals surface area contributed by atoms with Gasteiger partial charge >= 0.3 is 0 Å². The molecule has 1 aliphatic heterocycles. The summed E-state index contributed by atoms with van der Waals surface area (Å²) in [5.74, 6) is 2.66. The van der Waals surface area contributed by atoms with Crippen molar-refractivity contribution in [3.05, 3.63) is 53.1 Å². The topological polar surface area (TPSA) is 34.0 Å². The maximum atomic E-state index is 6.15. The fraction of sp³-hybridized carbons (Fsp3) is 0.368. The number of rotatable bonds is 2. The van der Waals surface area contributed by atoms with Gasteiger partial charge in [0.05, 0.1) is 5.52 Å². The van der Waals surface area contributed by atoms with Crippen molar-refractivity contribution < 1.29 is 0 Å². The summed E-state index contributed by atoms with van der Waals surface area (Å²) < 4.78 is 2.13. The summed E-state index contributed by atoms with van der Waals surface area (Å²) in [4.78, 5) is 11.8. The molecule has 4 rings (SSSR count). The van der Waals surface area contributed by atoms with Gasteiger partial charge in [-0.15, -0.1) is 0 Å². The summed E-state index contributed by atoms with van der Waals surface area (Å²) in [5.41, 5.74) is 2.21. The van der Waals surface area contributed by atoms with E-state index in [1.165, 1.54) is 23.2 Å². The smallest absolute Gasteiger partial charge is 0.129 e. The number of aromatic nitrogens is 3. The summed E-state index contributed by atoms with van der Waals surface area (Å²) in [7, 11) is 2.07. The van der Waals surface area contributed by atoms with Crippen LogP contribution in [0.3, 0.4) is 0 Å². The number of benzene rings is 1. The average molecular weight is 341 g/mol. The highest BCUT2D eigenvalue weighted by molar-refractivity contribution is 6.31. The van der Waals surface area contributed by atoms with E-state index in [2.05, 4.69) is 40.6 Å². The molecule has 3 heterocycles. The first kappa shape index (κ1) is 15.5. The number of pyridine rings is 1. The number of aryl methyl sites for hydroxylation is 2. The molecule has 4 nitrogen and oxygen atoms in total. The molecule has 1 fully saturated rings.